The molecule has 98 valence electrons. The predicted octanol–water partition coefficient (Wildman–Crippen LogP) is 1.58. The summed E-state index contributed by atoms with van der Waals surface area (Å²) in [6.07, 6.45) is 0. The Bertz CT molecular complexity index is 420. The van der Waals surface area contributed by atoms with Crippen molar-refractivity contribution in [2.24, 2.45) is 0 Å². The van der Waals surface area contributed by atoms with E-state index in [0.717, 1.165) is 30.9 Å². The zero-order chi connectivity index (χ0) is 13.0. The Hall–Kier alpha value is -1.55. The highest BCUT2D eigenvalue weighted by molar-refractivity contribution is 5.74. The van der Waals surface area contributed by atoms with E-state index in [0.29, 0.717) is 6.61 Å². The van der Waals surface area contributed by atoms with Gasteiger partial charge in [0.25, 0.3) is 0 Å². The van der Waals surface area contributed by atoms with E-state index >= 15 is 0 Å². The highest BCUT2D eigenvalue weighted by Crippen LogP contribution is 2.25. The van der Waals surface area contributed by atoms with Crippen molar-refractivity contribution in [2.75, 3.05) is 26.2 Å². The molecule has 1 heterocycles. The molecule has 1 aromatic rings. The molecular weight excluding hydrogens is 228 g/mol. The summed E-state index contributed by atoms with van der Waals surface area (Å²) in [6.45, 7) is 6.68. The summed E-state index contributed by atoms with van der Waals surface area (Å²) in [5, 5.41) is 3.33. The maximum absolute atomic E-state index is 11.7. The number of hydrogen-bond acceptors (Lipinski definition) is 3. The summed E-state index contributed by atoms with van der Waals surface area (Å²) in [5.41, 5.74) is 1.13. The second-order valence-corrected chi connectivity index (χ2v) is 4.44. The van der Waals surface area contributed by atoms with Crippen LogP contribution in [0.1, 0.15) is 25.5 Å². The molecule has 0 aromatic heterocycles. The molecule has 18 heavy (non-hydrogen) atoms. The van der Waals surface area contributed by atoms with E-state index in [1.54, 1.807) is 6.92 Å². The van der Waals surface area contributed by atoms with Gasteiger partial charge in [-0.2, -0.15) is 0 Å². The van der Waals surface area contributed by atoms with Crippen LogP contribution in [-0.2, 0) is 4.79 Å². The average Bonchev–Trinajstić information content (AvgIpc) is 2.39. The first kappa shape index (κ1) is 12.9. The summed E-state index contributed by atoms with van der Waals surface area (Å²) in [6, 6.07) is 8.11. The molecule has 1 amide bonds. The Labute approximate surface area is 108 Å². The van der Waals surface area contributed by atoms with Gasteiger partial charge in [0.1, 0.15) is 5.75 Å². The van der Waals surface area contributed by atoms with Gasteiger partial charge in [-0.25, -0.2) is 0 Å². The largest absolute Gasteiger partial charge is 0.494 e. The summed E-state index contributed by atoms with van der Waals surface area (Å²) in [7, 11) is 0. The maximum Gasteiger partial charge on any atom is 0.220 e. The number of piperazine rings is 1. The SMILES string of the molecule is CCOc1cccc(C2CNCCN2C(C)=O)c1. The molecule has 1 N–H and O–H groups in total. The summed E-state index contributed by atoms with van der Waals surface area (Å²) >= 11 is 0. The van der Waals surface area contributed by atoms with E-state index in [1.165, 1.54) is 0 Å². The van der Waals surface area contributed by atoms with Crippen LogP contribution >= 0.6 is 0 Å². The van der Waals surface area contributed by atoms with Gasteiger partial charge in [-0.05, 0) is 24.6 Å². The van der Waals surface area contributed by atoms with Crippen LogP contribution in [0.2, 0.25) is 0 Å². The summed E-state index contributed by atoms with van der Waals surface area (Å²) < 4.78 is 5.51. The van der Waals surface area contributed by atoms with Crippen LogP contribution in [0.3, 0.4) is 0 Å². The first-order valence-corrected chi connectivity index (χ1v) is 6.43. The second-order valence-electron chi connectivity index (χ2n) is 4.44. The molecular formula is C14H20N2O2. The predicted molar refractivity (Wildman–Crippen MR) is 70.6 cm³/mol. The molecule has 1 saturated heterocycles. The smallest absolute Gasteiger partial charge is 0.220 e. The van der Waals surface area contributed by atoms with Crippen molar-refractivity contribution < 1.29 is 9.53 Å². The lowest BCUT2D eigenvalue weighted by Crippen LogP contribution is -2.47. The normalized spacial score (nSPS) is 19.7. The van der Waals surface area contributed by atoms with E-state index in [-0.39, 0.29) is 11.9 Å². The quantitative estimate of drug-likeness (QED) is 0.883. The lowest BCUT2D eigenvalue weighted by Gasteiger charge is -2.36. The number of rotatable bonds is 3. The maximum atomic E-state index is 11.7. The first-order valence-electron chi connectivity index (χ1n) is 6.43. The fourth-order valence-electron chi connectivity index (χ4n) is 2.36. The number of nitrogens with one attached hydrogen (secondary N) is 1. The molecule has 0 radical (unpaired) electrons. The monoisotopic (exact) mass is 248 g/mol. The zero-order valence-corrected chi connectivity index (χ0v) is 11.0. The molecule has 1 atom stereocenters. The van der Waals surface area contributed by atoms with Gasteiger partial charge in [0.15, 0.2) is 0 Å². The van der Waals surface area contributed by atoms with Gasteiger partial charge in [0.2, 0.25) is 5.91 Å². The van der Waals surface area contributed by atoms with Gasteiger partial charge < -0.3 is 15.0 Å². The highest BCUT2D eigenvalue weighted by Gasteiger charge is 2.25. The molecule has 1 aliphatic rings. The Morgan fingerprint density at radius 3 is 3.11 bits per heavy atom. The molecule has 4 nitrogen and oxygen atoms in total. The van der Waals surface area contributed by atoms with Crippen LogP contribution in [0.5, 0.6) is 5.75 Å². The third-order valence-corrected chi connectivity index (χ3v) is 3.20. The Morgan fingerprint density at radius 2 is 2.39 bits per heavy atom. The molecule has 1 fully saturated rings. The minimum absolute atomic E-state index is 0.108. The van der Waals surface area contributed by atoms with Gasteiger partial charge in [0.05, 0.1) is 12.6 Å². The lowest BCUT2D eigenvalue weighted by atomic mass is 10.0. The molecule has 0 aliphatic carbocycles. The van der Waals surface area contributed by atoms with Crippen molar-refractivity contribution in [1.29, 1.82) is 0 Å². The van der Waals surface area contributed by atoms with Gasteiger partial charge in [0, 0.05) is 26.6 Å². The van der Waals surface area contributed by atoms with Crippen molar-refractivity contribution in [2.45, 2.75) is 19.9 Å². The van der Waals surface area contributed by atoms with E-state index < -0.39 is 0 Å². The molecule has 0 spiro atoms. The van der Waals surface area contributed by atoms with Crippen molar-refractivity contribution in [3.05, 3.63) is 29.8 Å². The number of benzene rings is 1. The van der Waals surface area contributed by atoms with Crippen LogP contribution in [-0.4, -0.2) is 37.0 Å². The fourth-order valence-corrected chi connectivity index (χ4v) is 2.36. The Balaban J connectivity index is 2.22. The number of ether oxygens (including phenoxy) is 1. The van der Waals surface area contributed by atoms with Gasteiger partial charge in [-0.1, -0.05) is 12.1 Å². The van der Waals surface area contributed by atoms with Crippen molar-refractivity contribution >= 4 is 5.91 Å². The number of nitrogens with zero attached hydrogens (tertiary/aromatic N) is 1. The summed E-state index contributed by atoms with van der Waals surface area (Å²) in [5.74, 6) is 0.993. The second kappa shape index (κ2) is 5.87. The Morgan fingerprint density at radius 1 is 1.56 bits per heavy atom. The molecule has 0 bridgehead atoms. The van der Waals surface area contributed by atoms with E-state index in [2.05, 4.69) is 11.4 Å². The minimum Gasteiger partial charge on any atom is -0.494 e. The van der Waals surface area contributed by atoms with Crippen molar-refractivity contribution in [1.82, 2.24) is 10.2 Å². The fraction of sp³-hybridized carbons (Fsp3) is 0.500. The first-order chi connectivity index (χ1) is 8.72. The van der Waals surface area contributed by atoms with Crippen LogP contribution in [0.25, 0.3) is 0 Å². The van der Waals surface area contributed by atoms with Crippen LogP contribution in [0.4, 0.5) is 0 Å². The number of amides is 1. The van der Waals surface area contributed by atoms with Gasteiger partial charge in [-0.15, -0.1) is 0 Å². The molecule has 4 heteroatoms. The van der Waals surface area contributed by atoms with Crippen LogP contribution < -0.4 is 10.1 Å². The van der Waals surface area contributed by atoms with E-state index in [4.69, 9.17) is 4.74 Å². The van der Waals surface area contributed by atoms with Crippen LogP contribution in [0.15, 0.2) is 24.3 Å². The van der Waals surface area contributed by atoms with Crippen molar-refractivity contribution in [3.63, 3.8) is 0 Å². The molecule has 0 saturated carbocycles. The van der Waals surface area contributed by atoms with Crippen molar-refractivity contribution in [3.8, 4) is 5.75 Å². The Kier molecular flexibility index (Phi) is 4.20. The third-order valence-electron chi connectivity index (χ3n) is 3.20. The van der Waals surface area contributed by atoms with Gasteiger partial charge >= 0.3 is 0 Å². The topological polar surface area (TPSA) is 41.6 Å². The van der Waals surface area contributed by atoms with E-state index in [9.17, 15) is 4.79 Å². The van der Waals surface area contributed by atoms with E-state index in [1.807, 2.05) is 30.0 Å². The third kappa shape index (κ3) is 2.82. The zero-order valence-electron chi connectivity index (χ0n) is 11.0. The summed E-state index contributed by atoms with van der Waals surface area (Å²) in [4.78, 5) is 13.6. The molecule has 2 rings (SSSR count). The number of carbonyl (C=O) groups excluding carboxylic acids is 1. The van der Waals surface area contributed by atoms with Crippen LogP contribution in [0, 0.1) is 0 Å². The highest BCUT2D eigenvalue weighted by atomic mass is 16.5. The molecule has 1 aliphatic heterocycles. The average molecular weight is 248 g/mol. The minimum atomic E-state index is 0.108. The number of carbonyl (C=O) groups is 1. The molecule has 1 aromatic carbocycles. The lowest BCUT2D eigenvalue weighted by molar-refractivity contribution is -0.132. The standard InChI is InChI=1S/C14H20N2O2/c1-3-18-13-6-4-5-12(9-13)14-10-15-7-8-16(14)11(2)17/h4-6,9,14-15H,3,7-8,10H2,1-2H3. The number of hydrogen-bond donors (Lipinski definition) is 1. The molecule has 1 unspecified atom stereocenters. The van der Waals surface area contributed by atoms with Gasteiger partial charge in [-0.3, -0.25) is 4.79 Å².